The van der Waals surface area contributed by atoms with Crippen molar-refractivity contribution in [3.05, 3.63) is 174 Å². The zero-order chi connectivity index (χ0) is 46.9. The van der Waals surface area contributed by atoms with Crippen LogP contribution in [0.4, 0.5) is 0 Å². The van der Waals surface area contributed by atoms with E-state index >= 15 is 0 Å². The molecule has 0 unspecified atom stereocenters. The van der Waals surface area contributed by atoms with E-state index in [1.54, 1.807) is 32.9 Å². The average molecular weight is 993 g/mol. The van der Waals surface area contributed by atoms with Crippen LogP contribution in [0.2, 0.25) is 0 Å². The number of imidazole rings is 1. The second kappa shape index (κ2) is 17.1. The number of pyridine rings is 1. The normalized spacial score (nSPS) is 13.5. The summed E-state index contributed by atoms with van der Waals surface area (Å²) in [6.45, 7) is 14.1. The second-order valence-electron chi connectivity index (χ2n) is 17.7. The van der Waals surface area contributed by atoms with Crippen molar-refractivity contribution in [2.75, 3.05) is 0 Å². The molecule has 0 aliphatic carbocycles. The van der Waals surface area contributed by atoms with E-state index in [1.807, 2.05) is 36.4 Å². The smallest absolute Gasteiger partial charge is 0.121 e. The van der Waals surface area contributed by atoms with Gasteiger partial charge in [-0.3, -0.25) is 4.98 Å². The van der Waals surface area contributed by atoms with Crippen LogP contribution in [-0.4, -0.2) is 14.5 Å². The third-order valence-corrected chi connectivity index (χ3v) is 11.3. The van der Waals surface area contributed by atoms with Gasteiger partial charge < -0.3 is 14.0 Å². The van der Waals surface area contributed by atoms with Crippen molar-refractivity contribution in [3.63, 3.8) is 0 Å². The summed E-state index contributed by atoms with van der Waals surface area (Å²) in [4.78, 5) is 9.48. The van der Waals surface area contributed by atoms with E-state index in [4.69, 9.17) is 16.3 Å². The van der Waals surface area contributed by atoms with Crippen LogP contribution in [0.3, 0.4) is 0 Å². The second-order valence-corrected chi connectivity index (χ2v) is 17.7. The van der Waals surface area contributed by atoms with Crippen molar-refractivity contribution >= 4 is 54.5 Å². The van der Waals surface area contributed by atoms with Gasteiger partial charge in [0.15, 0.2) is 0 Å². The molecule has 0 saturated heterocycles. The van der Waals surface area contributed by atoms with Gasteiger partial charge >= 0.3 is 0 Å². The Morgan fingerprint density at radius 2 is 1.47 bits per heavy atom. The van der Waals surface area contributed by atoms with Crippen LogP contribution in [0.15, 0.2) is 138 Å². The van der Waals surface area contributed by atoms with Crippen molar-refractivity contribution in [2.24, 2.45) is 5.41 Å². The molecule has 0 saturated carbocycles. The fourth-order valence-corrected chi connectivity index (χ4v) is 8.47. The Balaban J connectivity index is 0.000000187. The molecule has 1 radical (unpaired) electrons. The predicted molar refractivity (Wildman–Crippen MR) is 257 cm³/mol. The fourth-order valence-electron chi connectivity index (χ4n) is 8.47. The Bertz CT molecular complexity index is 3420. The van der Waals surface area contributed by atoms with Crippen LogP contribution in [0, 0.1) is 31.3 Å². The Kier molecular flexibility index (Phi) is 10.1. The van der Waals surface area contributed by atoms with Crippen LogP contribution in [0.5, 0.6) is 0 Å². The van der Waals surface area contributed by atoms with E-state index < -0.39 is 18.6 Å². The number of fused-ring (bicyclic) bond motifs is 7. The molecule has 0 spiro atoms. The minimum Gasteiger partial charge on any atom is -0.501 e. The van der Waals surface area contributed by atoms with Crippen LogP contribution in [0.25, 0.3) is 82.8 Å². The molecule has 313 valence electrons. The average Bonchev–Trinajstić information content (AvgIpc) is 3.86. The fraction of sp³-hybridized carbons (Fsp3) is 0.228. The number of nitrogens with zero attached hydrogens (tertiary/aromatic N) is 3. The molecule has 0 bridgehead atoms. The molecular weight excluding hydrogens is 935 g/mol. The van der Waals surface area contributed by atoms with Gasteiger partial charge in [0.1, 0.15) is 5.58 Å². The molecule has 4 nitrogen and oxygen atoms in total. The van der Waals surface area contributed by atoms with Gasteiger partial charge in [0.25, 0.3) is 0 Å². The van der Waals surface area contributed by atoms with E-state index in [0.29, 0.717) is 28.7 Å². The first-order valence-electron chi connectivity index (χ1n) is 23.6. The standard InChI is InChI=1S/C31H26NO.C26H27N2.Ir/c1-19-18-32-28(14-22(19)17-31(2,3)4)25-11-7-10-24-27-16-26-21(15-29(27)33-30(24)25)13-12-20-8-5-6-9-23(20)26;1-17(2)21-15-19(5)16-22(18(3)4)25(21)28-24-14-10-9-13-23(24)27-26(28)20-11-7-6-8-12-20;/h5-10,12-16,18H,17H2,1-4H3;6-11,13-18H,1-5H3;/q2*-1;/i1D3,17D2;;. The third-order valence-electron chi connectivity index (χ3n) is 11.3. The minimum absolute atomic E-state index is 0. The van der Waals surface area contributed by atoms with Crippen molar-refractivity contribution in [3.8, 4) is 28.3 Å². The maximum Gasteiger partial charge on any atom is 0.121 e. The Morgan fingerprint density at radius 1 is 0.742 bits per heavy atom. The summed E-state index contributed by atoms with van der Waals surface area (Å²) in [5.41, 5.74) is 9.96. The molecule has 10 rings (SSSR count). The Labute approximate surface area is 386 Å². The molecule has 7 aromatic carbocycles. The molecule has 0 N–H and O–H groups in total. The van der Waals surface area contributed by atoms with E-state index in [-0.39, 0.29) is 31.2 Å². The number of aromatic nitrogens is 3. The van der Waals surface area contributed by atoms with Gasteiger partial charge in [0.05, 0.1) is 22.4 Å². The topological polar surface area (TPSA) is 43.9 Å². The Morgan fingerprint density at radius 3 is 2.19 bits per heavy atom. The molecule has 3 heterocycles. The van der Waals surface area contributed by atoms with Crippen molar-refractivity contribution in [1.29, 1.82) is 0 Å². The van der Waals surface area contributed by atoms with Crippen molar-refractivity contribution < 1.29 is 31.4 Å². The summed E-state index contributed by atoms with van der Waals surface area (Å²) in [5, 5.41) is 6.39. The minimum atomic E-state index is -2.50. The predicted octanol–water partition coefficient (Wildman–Crippen LogP) is 15.7. The van der Waals surface area contributed by atoms with E-state index in [1.165, 1.54) is 39.3 Å². The quantitative estimate of drug-likeness (QED) is 0.123. The third kappa shape index (κ3) is 8.13. The van der Waals surface area contributed by atoms with Gasteiger partial charge in [0, 0.05) is 44.2 Å². The number of aryl methyl sites for hydroxylation is 2. The van der Waals surface area contributed by atoms with E-state index in [9.17, 15) is 0 Å². The number of hydrogen-bond acceptors (Lipinski definition) is 3. The van der Waals surface area contributed by atoms with E-state index in [2.05, 4.69) is 135 Å². The van der Waals surface area contributed by atoms with Gasteiger partial charge in [-0.15, -0.1) is 54.1 Å². The molecule has 10 aromatic rings. The molecule has 62 heavy (non-hydrogen) atoms. The molecule has 0 atom stereocenters. The first-order valence-corrected chi connectivity index (χ1v) is 21.1. The van der Waals surface area contributed by atoms with Gasteiger partial charge in [-0.2, -0.15) is 0 Å². The van der Waals surface area contributed by atoms with Crippen LogP contribution >= 0.6 is 0 Å². The number of benzene rings is 7. The van der Waals surface area contributed by atoms with E-state index in [0.717, 1.165) is 49.5 Å². The van der Waals surface area contributed by atoms with Crippen LogP contribution in [-0.2, 0) is 26.5 Å². The largest absolute Gasteiger partial charge is 0.501 e. The summed E-state index contributed by atoms with van der Waals surface area (Å²) >= 11 is 0. The molecule has 0 amide bonds. The SMILES string of the molecule is Cc1cc(C(C)C)c(-n2c(-c3[c-]cccc3)nc3ccccc32)c(C(C)C)c1.[2H]C([2H])([2H])c1cnc(-c2[c-]ccc3c2oc2cc4ccc5ccccc5c4cc23)cc1C([2H])([2H])C(C)(C)C.[Ir]. The summed E-state index contributed by atoms with van der Waals surface area (Å²) in [7, 11) is 0. The number of hydrogen-bond donors (Lipinski definition) is 0. The van der Waals surface area contributed by atoms with Crippen molar-refractivity contribution in [1.82, 2.24) is 14.5 Å². The van der Waals surface area contributed by atoms with Gasteiger partial charge in [-0.25, -0.2) is 0 Å². The summed E-state index contributed by atoms with van der Waals surface area (Å²) in [5.74, 6) is 1.79. The summed E-state index contributed by atoms with van der Waals surface area (Å²) < 4.78 is 50.4. The Hall–Kier alpha value is -5.87. The summed E-state index contributed by atoms with van der Waals surface area (Å²) in [6.07, 6.45) is -0.647. The zero-order valence-electron chi connectivity index (χ0n) is 41.4. The zero-order valence-corrected chi connectivity index (χ0v) is 38.8. The number of rotatable bonds is 6. The van der Waals surface area contributed by atoms with Crippen molar-refractivity contribution in [2.45, 2.75) is 80.5 Å². The maximum atomic E-state index is 8.85. The number of para-hydroxylation sites is 2. The van der Waals surface area contributed by atoms with Crippen LogP contribution < -0.4 is 0 Å². The van der Waals surface area contributed by atoms with Crippen LogP contribution in [0.1, 0.15) is 95.0 Å². The maximum absolute atomic E-state index is 8.85. The molecule has 0 fully saturated rings. The molecule has 5 heteroatoms. The molecule has 0 aliphatic heterocycles. The summed E-state index contributed by atoms with van der Waals surface area (Å²) in [6, 6.07) is 49.8. The molecule has 0 aliphatic rings. The molecular formula is C57H53IrN3O-2. The van der Waals surface area contributed by atoms with Gasteiger partial charge in [-0.1, -0.05) is 137 Å². The van der Waals surface area contributed by atoms with Gasteiger partial charge in [-0.05, 0) is 106 Å². The monoisotopic (exact) mass is 993 g/mol. The van der Waals surface area contributed by atoms with Gasteiger partial charge in [0.2, 0.25) is 0 Å². The first kappa shape index (κ1) is 36.8. The molecule has 3 aromatic heterocycles. The number of furan rings is 1. The first-order chi connectivity index (χ1) is 31.3.